The van der Waals surface area contributed by atoms with Gasteiger partial charge in [0.2, 0.25) is 5.13 Å². The largest absolute Gasteiger partial charge is 0.295 e. The average Bonchev–Trinajstić information content (AvgIpc) is 2.82. The summed E-state index contributed by atoms with van der Waals surface area (Å²) < 4.78 is 3.55. The molecule has 16 heavy (non-hydrogen) atoms. The molecule has 0 saturated carbocycles. The van der Waals surface area contributed by atoms with Gasteiger partial charge in [0.05, 0.1) is 0 Å². The molecular weight excluding hydrogens is 248 g/mol. The van der Waals surface area contributed by atoms with Crippen molar-refractivity contribution >= 4 is 34.2 Å². The Morgan fingerprint density at radius 1 is 1.50 bits per heavy atom. The third-order valence-electron chi connectivity index (χ3n) is 1.86. The van der Waals surface area contributed by atoms with Crippen molar-refractivity contribution in [3.05, 3.63) is 35.4 Å². The van der Waals surface area contributed by atoms with Crippen LogP contribution in [0.3, 0.4) is 0 Å². The highest BCUT2D eigenvalue weighted by atomic mass is 35.5. The monoisotopic (exact) mass is 254 g/mol. The lowest BCUT2D eigenvalue weighted by atomic mass is 10.1. The van der Waals surface area contributed by atoms with Crippen molar-refractivity contribution in [2.45, 2.75) is 5.88 Å². The number of rotatable bonds is 3. The number of carbonyl (C=O) groups is 1. The Labute approximate surface area is 101 Å². The van der Waals surface area contributed by atoms with Crippen molar-refractivity contribution in [1.82, 2.24) is 14.8 Å². The van der Waals surface area contributed by atoms with E-state index in [1.165, 1.54) is 0 Å². The van der Waals surface area contributed by atoms with E-state index in [1.807, 2.05) is 6.07 Å². The number of hydrogen-bond donors (Lipinski definition) is 1. The summed E-state index contributed by atoms with van der Waals surface area (Å²) in [5.41, 5.74) is 1.43. The minimum Gasteiger partial charge on any atom is -0.295 e. The van der Waals surface area contributed by atoms with Gasteiger partial charge in [0.1, 0.15) is 0 Å². The molecule has 0 saturated heterocycles. The predicted octanol–water partition coefficient (Wildman–Crippen LogP) is 1.92. The summed E-state index contributed by atoms with van der Waals surface area (Å²) >= 11 is 6.71. The van der Waals surface area contributed by atoms with E-state index in [1.54, 1.807) is 18.2 Å². The Kier molecular flexibility index (Phi) is 3.43. The Morgan fingerprint density at radius 3 is 3.06 bits per heavy atom. The predicted molar refractivity (Wildman–Crippen MR) is 61.7 cm³/mol. The van der Waals surface area contributed by atoms with Gasteiger partial charge in [-0.2, -0.15) is 0 Å². The molecule has 1 aromatic carbocycles. The number of anilines is 1. The van der Waals surface area contributed by atoms with E-state index in [-0.39, 0.29) is 5.91 Å². The lowest BCUT2D eigenvalue weighted by molar-refractivity contribution is 0.102. The summed E-state index contributed by atoms with van der Waals surface area (Å²) in [7, 11) is 0. The zero-order valence-electron chi connectivity index (χ0n) is 8.05. The van der Waals surface area contributed by atoms with Crippen molar-refractivity contribution in [1.29, 1.82) is 0 Å². The maximum atomic E-state index is 11.7. The molecule has 0 unspecified atom stereocenters. The highest BCUT2D eigenvalue weighted by molar-refractivity contribution is 7.09. The van der Waals surface area contributed by atoms with Gasteiger partial charge in [-0.3, -0.25) is 10.1 Å². The lowest BCUT2D eigenvalue weighted by Crippen LogP contribution is -2.11. The van der Waals surface area contributed by atoms with Crippen LogP contribution in [-0.2, 0) is 5.88 Å². The minimum absolute atomic E-state index is 0.245. The summed E-state index contributed by atoms with van der Waals surface area (Å²) in [6.07, 6.45) is 0. The lowest BCUT2D eigenvalue weighted by Gasteiger charge is -2.02. The normalized spacial score (nSPS) is 10.1. The number of benzene rings is 1. The van der Waals surface area contributed by atoms with E-state index in [4.69, 9.17) is 11.6 Å². The first-order valence-electron chi connectivity index (χ1n) is 4.41. The number of nitrogens with zero attached hydrogens (tertiary/aromatic N) is 3. The molecule has 0 bridgehead atoms. The second kappa shape index (κ2) is 5.00. The number of carbonyl (C=O) groups excluding carboxylic acids is 1. The zero-order valence-corrected chi connectivity index (χ0v) is 9.63. The van der Waals surface area contributed by atoms with Crippen molar-refractivity contribution in [2.24, 2.45) is 0 Å². The van der Waals surface area contributed by atoms with Crippen LogP contribution in [0, 0.1) is 0 Å². The van der Waals surface area contributed by atoms with Gasteiger partial charge in [0.25, 0.3) is 5.91 Å². The van der Waals surface area contributed by atoms with Crippen LogP contribution in [0.1, 0.15) is 15.9 Å². The van der Waals surface area contributed by atoms with Gasteiger partial charge in [-0.05, 0) is 22.9 Å². The van der Waals surface area contributed by atoms with Gasteiger partial charge in [0.15, 0.2) is 0 Å². The maximum absolute atomic E-state index is 11.7. The topological polar surface area (TPSA) is 67.8 Å². The maximum Gasteiger partial charge on any atom is 0.257 e. The van der Waals surface area contributed by atoms with Crippen molar-refractivity contribution in [2.75, 3.05) is 5.32 Å². The molecule has 2 aromatic rings. The van der Waals surface area contributed by atoms with E-state index in [0.29, 0.717) is 16.6 Å². The number of alkyl halides is 1. The summed E-state index contributed by atoms with van der Waals surface area (Å²) in [6.45, 7) is 0. The molecule has 82 valence electrons. The van der Waals surface area contributed by atoms with Crippen LogP contribution >= 0.6 is 23.1 Å². The van der Waals surface area contributed by atoms with Gasteiger partial charge in [-0.15, -0.1) is 11.6 Å². The quantitative estimate of drug-likeness (QED) is 0.850. The first-order valence-corrected chi connectivity index (χ1v) is 5.71. The number of halogens is 1. The highest BCUT2D eigenvalue weighted by Crippen LogP contribution is 2.11. The third kappa shape index (κ3) is 2.53. The smallest absolute Gasteiger partial charge is 0.257 e. The fourth-order valence-corrected chi connectivity index (χ4v) is 1.67. The van der Waals surface area contributed by atoms with Gasteiger partial charge >= 0.3 is 0 Å². The number of nitrogens with one attached hydrogen (secondary N) is 1. The fraction of sp³-hybridized carbons (Fsp3) is 0.111. The second-order valence-electron chi connectivity index (χ2n) is 2.96. The number of aromatic nitrogens is 3. The minimum atomic E-state index is -0.245. The standard InChI is InChI=1S/C9H7ClN4OS/c10-5-6-2-1-3-7(4-6)8(15)11-9-12-13-14-16-9/h1-4H,5H2,(H,11,12,14,15). The molecule has 0 spiro atoms. The van der Waals surface area contributed by atoms with Crippen molar-refractivity contribution < 1.29 is 4.79 Å². The van der Waals surface area contributed by atoms with E-state index >= 15 is 0 Å². The zero-order chi connectivity index (χ0) is 11.4. The summed E-state index contributed by atoms with van der Waals surface area (Å²) in [5, 5.41) is 9.98. The van der Waals surface area contributed by atoms with Gasteiger partial charge in [-0.1, -0.05) is 21.7 Å². The van der Waals surface area contributed by atoms with Crippen LogP contribution in [-0.4, -0.2) is 20.7 Å². The molecule has 0 aliphatic carbocycles. The van der Waals surface area contributed by atoms with Crippen LogP contribution < -0.4 is 5.32 Å². The Hall–Kier alpha value is -1.53. The average molecular weight is 255 g/mol. The molecule has 1 aromatic heterocycles. The first-order chi connectivity index (χ1) is 7.79. The molecule has 7 heteroatoms. The van der Waals surface area contributed by atoms with Crippen LogP contribution in [0.2, 0.25) is 0 Å². The molecule has 2 rings (SSSR count). The number of amides is 1. The van der Waals surface area contributed by atoms with E-state index < -0.39 is 0 Å². The van der Waals surface area contributed by atoms with Crippen LogP contribution in [0.5, 0.6) is 0 Å². The molecule has 0 aliphatic heterocycles. The molecule has 0 atom stereocenters. The van der Waals surface area contributed by atoms with E-state index in [9.17, 15) is 4.79 Å². The van der Waals surface area contributed by atoms with Crippen LogP contribution in [0.4, 0.5) is 5.13 Å². The number of hydrogen-bond acceptors (Lipinski definition) is 5. The Balaban J connectivity index is 2.14. The summed E-state index contributed by atoms with van der Waals surface area (Å²) in [4.78, 5) is 11.7. The Morgan fingerprint density at radius 2 is 2.38 bits per heavy atom. The van der Waals surface area contributed by atoms with Crippen molar-refractivity contribution in [3.8, 4) is 0 Å². The van der Waals surface area contributed by atoms with Crippen LogP contribution in [0.15, 0.2) is 24.3 Å². The molecule has 0 fully saturated rings. The van der Waals surface area contributed by atoms with Crippen LogP contribution in [0.25, 0.3) is 0 Å². The molecule has 5 nitrogen and oxygen atoms in total. The fourth-order valence-electron chi connectivity index (χ4n) is 1.15. The molecule has 1 N–H and O–H groups in total. The van der Waals surface area contributed by atoms with Crippen molar-refractivity contribution in [3.63, 3.8) is 0 Å². The van der Waals surface area contributed by atoms with Gasteiger partial charge in [-0.25, -0.2) is 0 Å². The van der Waals surface area contributed by atoms with E-state index in [2.05, 4.69) is 20.1 Å². The first kappa shape index (κ1) is 11.0. The molecule has 1 heterocycles. The molecule has 0 radical (unpaired) electrons. The SMILES string of the molecule is O=C(Nc1nnns1)c1cccc(CCl)c1. The molecular formula is C9H7ClN4OS. The molecule has 1 amide bonds. The summed E-state index contributed by atoms with van der Waals surface area (Å²) in [5.74, 6) is 0.132. The third-order valence-corrected chi connectivity index (χ3v) is 2.68. The summed E-state index contributed by atoms with van der Waals surface area (Å²) in [6, 6.07) is 7.08. The van der Waals surface area contributed by atoms with Gasteiger partial charge < -0.3 is 0 Å². The Bertz CT molecular complexity index is 488. The highest BCUT2D eigenvalue weighted by Gasteiger charge is 2.08. The van der Waals surface area contributed by atoms with E-state index in [0.717, 1.165) is 17.1 Å². The van der Waals surface area contributed by atoms with Gasteiger partial charge in [0, 0.05) is 23.0 Å². The molecule has 0 aliphatic rings. The second-order valence-corrected chi connectivity index (χ2v) is 3.96.